The second-order valence-electron chi connectivity index (χ2n) is 5.20. The van der Waals surface area contributed by atoms with Gasteiger partial charge < -0.3 is 4.74 Å². The van der Waals surface area contributed by atoms with E-state index in [2.05, 4.69) is 15.8 Å². The van der Waals surface area contributed by atoms with E-state index in [0.717, 1.165) is 29.7 Å². The largest absolute Gasteiger partial charge is 0.466 e. The van der Waals surface area contributed by atoms with Crippen LogP contribution in [0.25, 0.3) is 0 Å². The molecular formula is C16H16N2O3S. The third kappa shape index (κ3) is 3.17. The number of imidazole rings is 1. The molecule has 1 aliphatic rings. The number of hydrogen-bond donors (Lipinski definition) is 0. The van der Waals surface area contributed by atoms with Crippen LogP contribution in [0.15, 0.2) is 36.4 Å². The van der Waals surface area contributed by atoms with Gasteiger partial charge in [-0.1, -0.05) is 5.57 Å². The molecule has 0 saturated heterocycles. The Hall–Kier alpha value is -2.21. The van der Waals surface area contributed by atoms with E-state index in [-0.39, 0.29) is 11.9 Å². The van der Waals surface area contributed by atoms with Crippen LogP contribution in [0.5, 0.6) is 0 Å². The van der Waals surface area contributed by atoms with E-state index >= 15 is 0 Å². The van der Waals surface area contributed by atoms with E-state index in [1.54, 1.807) is 29.8 Å². The Morgan fingerprint density at radius 3 is 3.05 bits per heavy atom. The number of thiophene rings is 1. The van der Waals surface area contributed by atoms with Gasteiger partial charge in [0.05, 0.1) is 13.5 Å². The Labute approximate surface area is 132 Å². The highest BCUT2D eigenvalue weighted by atomic mass is 32.1. The molecule has 6 heteroatoms. The van der Waals surface area contributed by atoms with Crippen molar-refractivity contribution in [1.82, 2.24) is 9.55 Å². The van der Waals surface area contributed by atoms with Crippen molar-refractivity contribution in [2.45, 2.75) is 25.7 Å². The molecular weight excluding hydrogens is 300 g/mol. The van der Waals surface area contributed by atoms with E-state index in [1.165, 1.54) is 28.4 Å². The molecule has 0 spiro atoms. The highest BCUT2D eigenvalue weighted by Gasteiger charge is 2.18. The maximum absolute atomic E-state index is 12.1. The molecule has 0 bridgehead atoms. The number of methoxy groups -OCH3 is 1. The molecule has 0 aliphatic heterocycles. The second-order valence-corrected chi connectivity index (χ2v) is 6.43. The molecule has 5 nitrogen and oxygen atoms in total. The third-order valence-corrected chi connectivity index (χ3v) is 4.92. The van der Waals surface area contributed by atoms with Crippen molar-refractivity contribution >= 4 is 23.2 Å². The number of ether oxygens (including phenoxy) is 1. The van der Waals surface area contributed by atoms with Gasteiger partial charge in [-0.05, 0) is 30.9 Å². The highest BCUT2D eigenvalue weighted by Crippen LogP contribution is 2.32. The number of esters is 1. The summed E-state index contributed by atoms with van der Waals surface area (Å²) < 4.78 is 6.18. The van der Waals surface area contributed by atoms with Gasteiger partial charge in [0.25, 0.3) is 0 Å². The zero-order chi connectivity index (χ0) is 15.5. The lowest BCUT2D eigenvalue weighted by atomic mass is 9.93. The van der Waals surface area contributed by atoms with Crippen molar-refractivity contribution in [3.05, 3.63) is 51.8 Å². The van der Waals surface area contributed by atoms with Crippen LogP contribution in [0.3, 0.4) is 0 Å². The summed E-state index contributed by atoms with van der Waals surface area (Å²) in [7, 11) is 1.39. The van der Waals surface area contributed by atoms with Gasteiger partial charge in [-0.25, -0.2) is 9.78 Å². The fourth-order valence-corrected chi connectivity index (χ4v) is 3.76. The number of aromatic nitrogens is 2. The van der Waals surface area contributed by atoms with Gasteiger partial charge in [-0.3, -0.25) is 9.36 Å². The summed E-state index contributed by atoms with van der Waals surface area (Å²) >= 11 is 1.69. The maximum atomic E-state index is 12.1. The van der Waals surface area contributed by atoms with E-state index in [1.807, 2.05) is 0 Å². The van der Waals surface area contributed by atoms with Crippen molar-refractivity contribution in [1.29, 1.82) is 0 Å². The van der Waals surface area contributed by atoms with Gasteiger partial charge in [-0.15, -0.1) is 11.3 Å². The van der Waals surface area contributed by atoms with Crippen LogP contribution >= 0.6 is 11.3 Å². The quantitative estimate of drug-likeness (QED) is 0.644. The Kier molecular flexibility index (Phi) is 4.20. The van der Waals surface area contributed by atoms with Crippen molar-refractivity contribution in [2.75, 3.05) is 7.11 Å². The van der Waals surface area contributed by atoms with Gasteiger partial charge >= 0.3 is 5.97 Å². The van der Waals surface area contributed by atoms with Crippen LogP contribution in [0, 0.1) is 0 Å². The lowest BCUT2D eigenvalue weighted by Gasteiger charge is -2.13. The second kappa shape index (κ2) is 6.27. The zero-order valence-corrected chi connectivity index (χ0v) is 13.1. The minimum Gasteiger partial charge on any atom is -0.466 e. The fourth-order valence-electron chi connectivity index (χ4n) is 2.58. The normalized spacial score (nSPS) is 15.6. The van der Waals surface area contributed by atoms with E-state index in [4.69, 9.17) is 0 Å². The fraction of sp³-hybridized carbons (Fsp3) is 0.312. The molecule has 2 heterocycles. The predicted octanol–water partition coefficient (Wildman–Crippen LogP) is 2.42. The maximum Gasteiger partial charge on any atom is 0.330 e. The van der Waals surface area contributed by atoms with Crippen LogP contribution in [-0.2, 0) is 28.8 Å². The number of rotatable bonds is 3. The molecule has 0 unspecified atom stereocenters. The monoisotopic (exact) mass is 316 g/mol. The number of aryl methyl sites for hydroxylation is 1. The van der Waals surface area contributed by atoms with Crippen LogP contribution in [0.2, 0.25) is 0 Å². The number of carbonyl (C=O) groups excluding carboxylic acids is 2. The van der Waals surface area contributed by atoms with Gasteiger partial charge in [0.15, 0.2) is 0 Å². The molecule has 0 radical (unpaired) electrons. The first-order valence-corrected chi connectivity index (χ1v) is 7.86. The topological polar surface area (TPSA) is 61.2 Å². The molecule has 3 rings (SSSR count). The first kappa shape index (κ1) is 14.7. The van der Waals surface area contributed by atoms with Crippen molar-refractivity contribution < 1.29 is 14.3 Å². The molecule has 114 valence electrons. The molecule has 0 atom stereocenters. The average molecular weight is 316 g/mol. The molecule has 0 N–H and O–H groups in total. The smallest absolute Gasteiger partial charge is 0.330 e. The standard InChI is InChI=1S/C16H16N2O3S/c1-21-16(20)7-11-2-3-14-12(6-11)8-13(22-14)9-15(19)18-5-4-17-10-18/h4-5,7-8,10H,2-3,6,9H2,1H3. The number of allylic oxidation sites excluding steroid dienone is 1. The first-order valence-electron chi connectivity index (χ1n) is 7.04. The summed E-state index contributed by atoms with van der Waals surface area (Å²) in [5.41, 5.74) is 2.31. The summed E-state index contributed by atoms with van der Waals surface area (Å²) in [6.07, 6.45) is 9.29. The Bertz CT molecular complexity index is 729. The van der Waals surface area contributed by atoms with Crippen LogP contribution in [-0.4, -0.2) is 28.5 Å². The molecule has 0 amide bonds. The Morgan fingerprint density at radius 2 is 2.32 bits per heavy atom. The molecule has 2 aromatic heterocycles. The number of fused-ring (bicyclic) bond motifs is 1. The Balaban J connectivity index is 1.72. The molecule has 0 saturated carbocycles. The van der Waals surface area contributed by atoms with Gasteiger partial charge in [0.1, 0.15) is 6.33 Å². The minimum atomic E-state index is -0.302. The summed E-state index contributed by atoms with van der Waals surface area (Å²) in [5, 5.41) is 0. The van der Waals surface area contributed by atoms with E-state index in [0.29, 0.717) is 6.42 Å². The van der Waals surface area contributed by atoms with Crippen LogP contribution < -0.4 is 0 Å². The van der Waals surface area contributed by atoms with Crippen LogP contribution in [0.4, 0.5) is 0 Å². The van der Waals surface area contributed by atoms with Crippen molar-refractivity contribution in [3.8, 4) is 0 Å². The van der Waals surface area contributed by atoms with E-state index < -0.39 is 0 Å². The van der Waals surface area contributed by atoms with Crippen molar-refractivity contribution in [3.63, 3.8) is 0 Å². The average Bonchev–Trinajstić information content (AvgIpc) is 3.15. The SMILES string of the molecule is COC(=O)C=C1CCc2sc(CC(=O)n3ccnc3)cc2C1. The Morgan fingerprint density at radius 1 is 1.45 bits per heavy atom. The summed E-state index contributed by atoms with van der Waals surface area (Å²) in [5.74, 6) is -0.286. The molecule has 22 heavy (non-hydrogen) atoms. The number of nitrogens with zero attached hydrogens (tertiary/aromatic N) is 2. The molecule has 2 aromatic rings. The van der Waals surface area contributed by atoms with Crippen LogP contribution in [0.1, 0.15) is 26.5 Å². The third-order valence-electron chi connectivity index (χ3n) is 3.68. The van der Waals surface area contributed by atoms with Gasteiger partial charge in [0, 0.05) is 28.2 Å². The molecule has 0 fully saturated rings. The zero-order valence-electron chi connectivity index (χ0n) is 12.2. The lowest BCUT2D eigenvalue weighted by molar-refractivity contribution is -0.134. The molecule has 1 aliphatic carbocycles. The highest BCUT2D eigenvalue weighted by molar-refractivity contribution is 7.12. The first-order chi connectivity index (χ1) is 10.7. The number of carbonyl (C=O) groups is 2. The molecule has 0 aromatic carbocycles. The lowest BCUT2D eigenvalue weighted by Crippen LogP contribution is -2.10. The van der Waals surface area contributed by atoms with Crippen molar-refractivity contribution in [2.24, 2.45) is 0 Å². The summed E-state index contributed by atoms with van der Waals surface area (Å²) in [6.45, 7) is 0. The summed E-state index contributed by atoms with van der Waals surface area (Å²) in [4.78, 5) is 29.7. The van der Waals surface area contributed by atoms with Gasteiger partial charge in [-0.2, -0.15) is 0 Å². The summed E-state index contributed by atoms with van der Waals surface area (Å²) in [6, 6.07) is 2.08. The number of hydrogen-bond acceptors (Lipinski definition) is 5. The van der Waals surface area contributed by atoms with Gasteiger partial charge in [0.2, 0.25) is 5.91 Å². The predicted molar refractivity (Wildman–Crippen MR) is 83.0 cm³/mol. The minimum absolute atomic E-state index is 0.0152. The van der Waals surface area contributed by atoms with E-state index in [9.17, 15) is 9.59 Å².